The molecule has 0 heterocycles. The van der Waals surface area contributed by atoms with Gasteiger partial charge in [0, 0.05) is 0 Å². The largest absolute Gasteiger partial charge is 0.245 e. The Labute approximate surface area is 80.6 Å². The van der Waals surface area contributed by atoms with Gasteiger partial charge in [0.15, 0.2) is 0 Å². The molecule has 0 saturated carbocycles. The molecule has 0 bridgehead atoms. The summed E-state index contributed by atoms with van der Waals surface area (Å²) in [7, 11) is -0.111. The van der Waals surface area contributed by atoms with Crippen molar-refractivity contribution in [2.45, 2.75) is 19.6 Å². The lowest BCUT2D eigenvalue weighted by Gasteiger charge is -1.93. The second-order valence-corrected chi connectivity index (χ2v) is 12.6. The maximum atomic E-state index is 5.43. The Bertz CT molecular complexity index is 37.6. The van der Waals surface area contributed by atoms with E-state index in [1.807, 2.05) is 19.6 Å². The fourth-order valence-corrected chi connectivity index (χ4v) is 0. The molecule has 0 aromatic rings. The Morgan fingerprint density at radius 3 is 1.22 bits per heavy atom. The lowest BCUT2D eigenvalue weighted by molar-refractivity contribution is 2.06. The van der Waals surface area contributed by atoms with E-state index in [0.717, 1.165) is 0 Å². The highest BCUT2D eigenvalue weighted by Crippen LogP contribution is 2.10. The molecule has 0 unspecified atom stereocenters. The van der Waals surface area contributed by atoms with E-state index in [1.165, 1.54) is 0 Å². The minimum atomic E-state index is -1.67. The van der Waals surface area contributed by atoms with Crippen molar-refractivity contribution in [3.05, 3.63) is 0 Å². The highest BCUT2D eigenvalue weighted by molar-refractivity contribution is 7.44. The third-order valence-corrected chi connectivity index (χ3v) is 0. The van der Waals surface area contributed by atoms with E-state index in [2.05, 4.69) is 0 Å². The van der Waals surface area contributed by atoms with E-state index in [4.69, 9.17) is 33.2 Å². The molecule has 0 nitrogen and oxygen atoms in total. The predicted octanol–water partition coefficient (Wildman–Crippen LogP) is 2.94. The number of hydrogen-bond acceptors (Lipinski definition) is 0. The predicted molar refractivity (Wildman–Crippen MR) is 56.7 cm³/mol. The summed E-state index contributed by atoms with van der Waals surface area (Å²) in [6.45, 7) is 4.08. The zero-order valence-corrected chi connectivity index (χ0v) is 11.2. The van der Waals surface area contributed by atoms with Crippen LogP contribution in [-0.2, 0) is 0 Å². The molecular formula is C3H12Cl4Si2. The third kappa shape index (κ3) is 218. The van der Waals surface area contributed by atoms with Crippen LogP contribution in [0.1, 0.15) is 0 Å². The van der Waals surface area contributed by atoms with Crippen LogP contribution in [0.5, 0.6) is 0 Å². The van der Waals surface area contributed by atoms with Crippen LogP contribution in [0, 0.1) is 0 Å². The maximum Gasteiger partial charge on any atom is 0.245 e. The van der Waals surface area contributed by atoms with Crippen molar-refractivity contribution in [2.24, 2.45) is 0 Å². The van der Waals surface area contributed by atoms with Gasteiger partial charge >= 0.3 is 0 Å². The molecule has 0 amide bonds. The van der Waals surface area contributed by atoms with E-state index in [9.17, 15) is 0 Å². The first-order chi connectivity index (χ1) is 3.41. The van der Waals surface area contributed by atoms with E-state index in [0.29, 0.717) is 0 Å². The molecule has 9 heavy (non-hydrogen) atoms. The monoisotopic (exact) mass is 244 g/mol. The molecule has 0 atom stereocenters. The Kier molecular flexibility index (Phi) is 18.0. The standard InChI is InChI=1S/C2H6Cl2Si.CH5ClSi.ClH/c1-5(2,3)4;1-3-2;/h1-2H3;3H2,1H3;1H. The van der Waals surface area contributed by atoms with Crippen LogP contribution in [0.25, 0.3) is 0 Å². The zero-order chi connectivity index (χ0) is 7.21. The molecule has 0 saturated heterocycles. The van der Waals surface area contributed by atoms with E-state index >= 15 is 0 Å². The molecule has 60 valence electrons. The first kappa shape index (κ1) is 16.9. The van der Waals surface area contributed by atoms with Gasteiger partial charge in [0.2, 0.25) is 6.69 Å². The van der Waals surface area contributed by atoms with Crippen molar-refractivity contribution in [1.29, 1.82) is 0 Å². The van der Waals surface area contributed by atoms with Gasteiger partial charge in [-0.3, -0.25) is 0 Å². The molecule has 0 N–H and O–H groups in total. The van der Waals surface area contributed by atoms with Crippen LogP contribution >= 0.6 is 45.6 Å². The van der Waals surface area contributed by atoms with Crippen molar-refractivity contribution in [3.63, 3.8) is 0 Å². The van der Waals surface area contributed by atoms with Gasteiger partial charge in [-0.25, -0.2) is 0 Å². The molecular weight excluding hydrogens is 234 g/mol. The Morgan fingerprint density at radius 1 is 1.22 bits per heavy atom. The number of rotatable bonds is 0. The van der Waals surface area contributed by atoms with E-state index in [-0.39, 0.29) is 21.2 Å². The van der Waals surface area contributed by atoms with Crippen molar-refractivity contribution in [1.82, 2.24) is 0 Å². The molecule has 0 aliphatic rings. The number of hydrogen-bond donors (Lipinski definition) is 0. The number of halogens is 4. The molecule has 0 radical (unpaired) electrons. The molecule has 0 aliphatic heterocycles. The molecule has 6 heteroatoms. The smallest absolute Gasteiger partial charge is 0.176 e. The third-order valence-electron chi connectivity index (χ3n) is 0. The Balaban J connectivity index is -0.0000000800. The topological polar surface area (TPSA) is 0 Å². The summed E-state index contributed by atoms with van der Waals surface area (Å²) in [5, 5.41) is 0. The van der Waals surface area contributed by atoms with Gasteiger partial charge < -0.3 is 0 Å². The van der Waals surface area contributed by atoms with Crippen LogP contribution in [0.15, 0.2) is 0 Å². The Morgan fingerprint density at radius 2 is 1.22 bits per heavy atom. The second-order valence-electron chi connectivity index (χ2n) is 1.59. The van der Waals surface area contributed by atoms with Gasteiger partial charge in [-0.1, -0.05) is 6.55 Å². The van der Waals surface area contributed by atoms with Crippen LogP contribution in [-0.4, -0.2) is 15.5 Å². The summed E-state index contributed by atoms with van der Waals surface area (Å²) in [5.74, 6) is 0. The minimum absolute atomic E-state index is 0. The van der Waals surface area contributed by atoms with Gasteiger partial charge in [0.1, 0.15) is 8.83 Å². The van der Waals surface area contributed by atoms with Crippen LogP contribution < -0.4 is 0 Å². The second kappa shape index (κ2) is 9.59. The molecule has 0 rings (SSSR count). The highest BCUT2D eigenvalue weighted by atomic mass is 35.7. The van der Waals surface area contributed by atoms with Gasteiger partial charge in [-0.2, -0.15) is 11.1 Å². The maximum absolute atomic E-state index is 5.43. The quantitative estimate of drug-likeness (QED) is 0.455. The first-order valence-corrected chi connectivity index (χ1v) is 10.9. The summed E-state index contributed by atoms with van der Waals surface area (Å²) in [5.41, 5.74) is 0. The van der Waals surface area contributed by atoms with Gasteiger partial charge in [0.05, 0.1) is 0 Å². The molecule has 0 spiro atoms. The van der Waals surface area contributed by atoms with Gasteiger partial charge in [-0.05, 0) is 13.1 Å². The van der Waals surface area contributed by atoms with Gasteiger partial charge in [0.25, 0.3) is 0 Å². The zero-order valence-electron chi connectivity index (χ0n) is 5.75. The SMILES string of the molecule is C[SiH2]Cl.C[Si](C)(Cl)Cl.Cl. The van der Waals surface area contributed by atoms with Crippen LogP contribution in [0.2, 0.25) is 19.6 Å². The van der Waals surface area contributed by atoms with E-state index in [1.54, 1.807) is 0 Å². The Hall–Kier alpha value is 1.59. The highest BCUT2D eigenvalue weighted by Gasteiger charge is 2.08. The molecule has 0 aromatic carbocycles. The fraction of sp³-hybridized carbons (Fsp3) is 1.00. The lowest BCUT2D eigenvalue weighted by atomic mass is 11.9. The molecule has 0 fully saturated rings. The van der Waals surface area contributed by atoms with Crippen molar-refractivity contribution in [3.8, 4) is 0 Å². The van der Waals surface area contributed by atoms with Crippen LogP contribution in [0.4, 0.5) is 0 Å². The average Bonchev–Trinajstić information content (AvgIpc) is 1.27. The van der Waals surface area contributed by atoms with Gasteiger partial charge in [-0.15, -0.1) is 34.6 Å². The molecule has 0 aliphatic carbocycles. The summed E-state index contributed by atoms with van der Waals surface area (Å²) in [4.78, 5) is 0. The van der Waals surface area contributed by atoms with E-state index < -0.39 is 6.69 Å². The summed E-state index contributed by atoms with van der Waals surface area (Å²) in [6.07, 6.45) is 0. The molecule has 0 aromatic heterocycles. The summed E-state index contributed by atoms with van der Waals surface area (Å²) in [6, 6.07) is 0. The normalized spacial score (nSPS) is 10.0. The summed E-state index contributed by atoms with van der Waals surface area (Å²) >= 11 is 16.0. The van der Waals surface area contributed by atoms with Crippen molar-refractivity contribution < 1.29 is 0 Å². The van der Waals surface area contributed by atoms with Crippen LogP contribution in [0.3, 0.4) is 0 Å². The minimum Gasteiger partial charge on any atom is -0.176 e. The first-order valence-electron chi connectivity index (χ1n) is 2.35. The average molecular weight is 246 g/mol. The van der Waals surface area contributed by atoms with Crippen molar-refractivity contribution in [2.75, 3.05) is 0 Å². The fourth-order valence-electron chi connectivity index (χ4n) is 0. The lowest BCUT2D eigenvalue weighted by Crippen LogP contribution is -2.02. The van der Waals surface area contributed by atoms with Crippen molar-refractivity contribution >= 4 is 61.2 Å². The summed E-state index contributed by atoms with van der Waals surface area (Å²) < 4.78 is 0.